The van der Waals surface area contributed by atoms with Crippen LogP contribution in [0.2, 0.25) is 0 Å². The molecule has 0 spiro atoms. The highest BCUT2D eigenvalue weighted by Crippen LogP contribution is 2.02. The monoisotopic (exact) mass is 155 g/mol. The molecule has 0 N–H and O–H groups in total. The molecule has 63 valence electrons. The summed E-state index contributed by atoms with van der Waals surface area (Å²) in [5, 5.41) is 3.85. The summed E-state index contributed by atoms with van der Waals surface area (Å²) in [7, 11) is 0. The highest BCUT2D eigenvalue weighted by atomic mass is 16.2. The first kappa shape index (κ1) is 8.37. The third-order valence-electron chi connectivity index (χ3n) is 1.89. The van der Waals surface area contributed by atoms with Crippen LogP contribution < -0.4 is 5.32 Å². The minimum Gasteiger partial charge on any atom is -0.323 e. The summed E-state index contributed by atoms with van der Waals surface area (Å²) in [5.41, 5.74) is 0. The van der Waals surface area contributed by atoms with Crippen molar-refractivity contribution in [1.82, 2.24) is 10.2 Å². The Kier molecular flexibility index (Phi) is 3.20. The van der Waals surface area contributed by atoms with Gasteiger partial charge in [-0.25, -0.2) is 10.1 Å². The lowest BCUT2D eigenvalue weighted by molar-refractivity contribution is 0.184. The number of urea groups is 1. The summed E-state index contributed by atoms with van der Waals surface area (Å²) in [5.74, 6) is 0. The van der Waals surface area contributed by atoms with E-state index in [9.17, 15) is 4.79 Å². The standard InChI is InChI=1S/C8H15N2O/c1-2-3-6-10-7-4-5-9-8(10)11/h2-7H2,1H3. The maximum absolute atomic E-state index is 11.1. The van der Waals surface area contributed by atoms with E-state index in [2.05, 4.69) is 12.2 Å². The van der Waals surface area contributed by atoms with Crippen molar-refractivity contribution >= 4 is 6.03 Å². The molecule has 1 aliphatic heterocycles. The van der Waals surface area contributed by atoms with Crippen LogP contribution in [0, 0.1) is 0 Å². The van der Waals surface area contributed by atoms with Crippen LogP contribution in [0.4, 0.5) is 4.79 Å². The lowest BCUT2D eigenvalue weighted by Gasteiger charge is -2.25. The molecule has 1 radical (unpaired) electrons. The fourth-order valence-electron chi connectivity index (χ4n) is 1.19. The molecule has 0 unspecified atom stereocenters. The summed E-state index contributed by atoms with van der Waals surface area (Å²) in [6, 6.07) is -0.00954. The number of nitrogens with zero attached hydrogens (tertiary/aromatic N) is 2. The second-order valence-electron chi connectivity index (χ2n) is 2.86. The van der Waals surface area contributed by atoms with Gasteiger partial charge in [0, 0.05) is 19.6 Å². The van der Waals surface area contributed by atoms with Gasteiger partial charge in [0.15, 0.2) is 0 Å². The number of carbonyl (C=O) groups is 1. The zero-order valence-electron chi connectivity index (χ0n) is 7.05. The van der Waals surface area contributed by atoms with E-state index in [-0.39, 0.29) is 6.03 Å². The smallest absolute Gasteiger partial charge is 0.323 e. The van der Waals surface area contributed by atoms with Gasteiger partial charge in [-0.2, -0.15) is 0 Å². The van der Waals surface area contributed by atoms with Crippen LogP contribution in [-0.2, 0) is 0 Å². The number of rotatable bonds is 3. The quantitative estimate of drug-likeness (QED) is 0.603. The van der Waals surface area contributed by atoms with Gasteiger partial charge >= 0.3 is 6.03 Å². The van der Waals surface area contributed by atoms with E-state index < -0.39 is 0 Å². The molecule has 3 heteroatoms. The fraction of sp³-hybridized carbons (Fsp3) is 0.875. The highest BCUT2D eigenvalue weighted by molar-refractivity contribution is 5.74. The van der Waals surface area contributed by atoms with E-state index in [4.69, 9.17) is 0 Å². The largest absolute Gasteiger partial charge is 0.338 e. The topological polar surface area (TPSA) is 34.4 Å². The molecular weight excluding hydrogens is 140 g/mol. The van der Waals surface area contributed by atoms with Crippen LogP contribution in [0.3, 0.4) is 0 Å². The first-order chi connectivity index (χ1) is 5.34. The molecule has 0 aromatic carbocycles. The number of hydrogen-bond donors (Lipinski definition) is 0. The van der Waals surface area contributed by atoms with Crippen LogP contribution in [0.25, 0.3) is 0 Å². The minimum absolute atomic E-state index is 0.00954. The number of amides is 2. The van der Waals surface area contributed by atoms with Crippen molar-refractivity contribution in [2.24, 2.45) is 0 Å². The molecule has 0 aromatic rings. The lowest BCUT2D eigenvalue weighted by atomic mass is 10.3. The van der Waals surface area contributed by atoms with Crippen LogP contribution in [0.15, 0.2) is 0 Å². The van der Waals surface area contributed by atoms with E-state index in [1.807, 2.05) is 4.90 Å². The van der Waals surface area contributed by atoms with Gasteiger partial charge in [0.05, 0.1) is 0 Å². The molecule has 0 aromatic heterocycles. The highest BCUT2D eigenvalue weighted by Gasteiger charge is 2.17. The molecule has 1 heterocycles. The van der Waals surface area contributed by atoms with Gasteiger partial charge in [-0.3, -0.25) is 0 Å². The van der Waals surface area contributed by atoms with Crippen molar-refractivity contribution in [3.63, 3.8) is 0 Å². The Bertz CT molecular complexity index is 136. The molecule has 2 amide bonds. The van der Waals surface area contributed by atoms with Gasteiger partial charge in [0.2, 0.25) is 0 Å². The van der Waals surface area contributed by atoms with Crippen molar-refractivity contribution in [2.45, 2.75) is 26.2 Å². The van der Waals surface area contributed by atoms with Gasteiger partial charge in [-0.1, -0.05) is 13.3 Å². The van der Waals surface area contributed by atoms with Gasteiger partial charge in [-0.15, -0.1) is 0 Å². The van der Waals surface area contributed by atoms with E-state index in [0.717, 1.165) is 38.9 Å². The van der Waals surface area contributed by atoms with E-state index in [1.54, 1.807) is 0 Å². The van der Waals surface area contributed by atoms with Crippen molar-refractivity contribution in [2.75, 3.05) is 19.6 Å². The Morgan fingerprint density at radius 3 is 3.09 bits per heavy atom. The van der Waals surface area contributed by atoms with E-state index in [1.165, 1.54) is 0 Å². The summed E-state index contributed by atoms with van der Waals surface area (Å²) < 4.78 is 0. The van der Waals surface area contributed by atoms with Crippen LogP contribution in [0.1, 0.15) is 26.2 Å². The zero-order chi connectivity index (χ0) is 8.10. The lowest BCUT2D eigenvalue weighted by Crippen LogP contribution is -2.42. The maximum atomic E-state index is 11.1. The first-order valence-electron chi connectivity index (χ1n) is 4.31. The third kappa shape index (κ3) is 2.41. The van der Waals surface area contributed by atoms with E-state index >= 15 is 0 Å². The zero-order valence-corrected chi connectivity index (χ0v) is 7.05. The Morgan fingerprint density at radius 2 is 2.45 bits per heavy atom. The Balaban J connectivity index is 2.24. The Labute approximate surface area is 67.8 Å². The fourth-order valence-corrected chi connectivity index (χ4v) is 1.19. The molecule has 1 rings (SSSR count). The average molecular weight is 155 g/mol. The molecule has 0 aliphatic carbocycles. The van der Waals surface area contributed by atoms with Crippen LogP contribution in [0.5, 0.6) is 0 Å². The molecule has 1 saturated heterocycles. The van der Waals surface area contributed by atoms with Gasteiger partial charge in [0.1, 0.15) is 0 Å². The van der Waals surface area contributed by atoms with Gasteiger partial charge in [-0.05, 0) is 12.8 Å². The van der Waals surface area contributed by atoms with Crippen LogP contribution >= 0.6 is 0 Å². The molecular formula is C8H15N2O. The third-order valence-corrected chi connectivity index (χ3v) is 1.89. The molecule has 1 aliphatic rings. The second kappa shape index (κ2) is 4.21. The summed E-state index contributed by atoms with van der Waals surface area (Å²) in [4.78, 5) is 12.9. The minimum atomic E-state index is -0.00954. The number of hydrogen-bond acceptors (Lipinski definition) is 1. The summed E-state index contributed by atoms with van der Waals surface area (Å²) >= 11 is 0. The first-order valence-corrected chi connectivity index (χ1v) is 4.31. The van der Waals surface area contributed by atoms with Gasteiger partial charge in [0.25, 0.3) is 0 Å². The van der Waals surface area contributed by atoms with E-state index in [0.29, 0.717) is 0 Å². The summed E-state index contributed by atoms with van der Waals surface area (Å²) in [6.45, 7) is 4.65. The molecule has 1 fully saturated rings. The molecule has 0 atom stereocenters. The normalized spacial score (nSPS) is 18.3. The Hall–Kier alpha value is -0.730. The SMILES string of the molecule is CCCCN1CCC[N]C1=O. The summed E-state index contributed by atoms with van der Waals surface area (Å²) in [6.07, 6.45) is 3.28. The predicted octanol–water partition coefficient (Wildman–Crippen LogP) is 1.22. The number of unbranched alkanes of at least 4 members (excludes halogenated alkanes) is 1. The molecule has 3 nitrogen and oxygen atoms in total. The molecule has 0 saturated carbocycles. The second-order valence-corrected chi connectivity index (χ2v) is 2.86. The average Bonchev–Trinajstić information content (AvgIpc) is 2.03. The number of carbonyl (C=O) groups excluding carboxylic acids is 1. The van der Waals surface area contributed by atoms with Gasteiger partial charge < -0.3 is 4.90 Å². The maximum Gasteiger partial charge on any atom is 0.338 e. The van der Waals surface area contributed by atoms with Crippen molar-refractivity contribution in [3.8, 4) is 0 Å². The van der Waals surface area contributed by atoms with Crippen molar-refractivity contribution in [1.29, 1.82) is 0 Å². The van der Waals surface area contributed by atoms with Crippen LogP contribution in [-0.4, -0.2) is 30.6 Å². The Morgan fingerprint density at radius 1 is 1.64 bits per heavy atom. The van der Waals surface area contributed by atoms with Crippen molar-refractivity contribution in [3.05, 3.63) is 0 Å². The molecule has 0 bridgehead atoms. The predicted molar refractivity (Wildman–Crippen MR) is 43.5 cm³/mol. The molecule has 11 heavy (non-hydrogen) atoms. The van der Waals surface area contributed by atoms with Crippen molar-refractivity contribution < 1.29 is 4.79 Å².